The molecule has 0 bridgehead atoms. The maximum absolute atomic E-state index is 5.46. The van der Waals surface area contributed by atoms with E-state index in [4.69, 9.17) is 4.74 Å². The highest BCUT2D eigenvalue weighted by atomic mass is 79.9. The summed E-state index contributed by atoms with van der Waals surface area (Å²) >= 11 is 10.7. The van der Waals surface area contributed by atoms with E-state index in [1.54, 1.807) is 0 Å². The fraction of sp³-hybridized carbons (Fsp3) is 0.500. The fourth-order valence-electron chi connectivity index (χ4n) is 1.96. The first kappa shape index (κ1) is 13.8. The molecule has 0 amide bonds. The second-order valence-corrected chi connectivity index (χ2v) is 6.96. The van der Waals surface area contributed by atoms with Gasteiger partial charge in [0.1, 0.15) is 0 Å². The lowest BCUT2D eigenvalue weighted by Gasteiger charge is -2.31. The first-order valence-electron chi connectivity index (χ1n) is 5.56. The summed E-state index contributed by atoms with van der Waals surface area (Å²) in [5, 5.41) is 3.60. The van der Waals surface area contributed by atoms with Gasteiger partial charge in [-0.25, -0.2) is 0 Å². The molecular weight excluding hydrogens is 414 g/mol. The molecule has 17 heavy (non-hydrogen) atoms. The highest BCUT2D eigenvalue weighted by molar-refractivity contribution is 9.11. The van der Waals surface area contributed by atoms with Gasteiger partial charge in [-0.05, 0) is 56.3 Å². The van der Waals surface area contributed by atoms with Crippen molar-refractivity contribution in [1.82, 2.24) is 0 Å². The lowest BCUT2D eigenvalue weighted by atomic mass is 9.97. The number of halogens is 3. The number of benzene rings is 1. The Morgan fingerprint density at radius 1 is 1.24 bits per heavy atom. The zero-order chi connectivity index (χ0) is 12.4. The van der Waals surface area contributed by atoms with E-state index in [1.165, 1.54) is 0 Å². The third-order valence-corrected chi connectivity index (χ3v) is 4.69. The minimum Gasteiger partial charge on any atom is -0.381 e. The monoisotopic (exact) mass is 425 g/mol. The van der Waals surface area contributed by atoms with Gasteiger partial charge < -0.3 is 10.1 Å². The predicted molar refractivity (Wildman–Crippen MR) is 81.6 cm³/mol. The van der Waals surface area contributed by atoms with E-state index in [0.29, 0.717) is 12.0 Å². The standard InChI is InChI=1S/C12H14Br3NO/c1-7-6-17-3-2-11(7)16-12-9(14)4-8(13)5-10(12)15/h4-5,7,11,16H,2-3,6H2,1H3. The van der Waals surface area contributed by atoms with Crippen molar-refractivity contribution in [2.75, 3.05) is 18.5 Å². The highest BCUT2D eigenvalue weighted by Gasteiger charge is 2.23. The zero-order valence-electron chi connectivity index (χ0n) is 9.47. The van der Waals surface area contributed by atoms with Crippen LogP contribution in [0.2, 0.25) is 0 Å². The Labute approximate surface area is 127 Å². The number of rotatable bonds is 2. The third kappa shape index (κ3) is 3.46. The lowest BCUT2D eigenvalue weighted by Crippen LogP contribution is -2.36. The number of nitrogens with one attached hydrogen (secondary N) is 1. The van der Waals surface area contributed by atoms with Crippen LogP contribution in [0.25, 0.3) is 0 Å². The van der Waals surface area contributed by atoms with Crippen molar-refractivity contribution in [3.05, 3.63) is 25.6 Å². The molecule has 0 saturated carbocycles. The summed E-state index contributed by atoms with van der Waals surface area (Å²) in [4.78, 5) is 0. The van der Waals surface area contributed by atoms with Crippen LogP contribution in [0, 0.1) is 5.92 Å². The molecule has 1 aromatic carbocycles. The van der Waals surface area contributed by atoms with E-state index in [0.717, 1.165) is 38.7 Å². The van der Waals surface area contributed by atoms with Gasteiger partial charge in [0.2, 0.25) is 0 Å². The normalized spacial score (nSPS) is 24.7. The Morgan fingerprint density at radius 2 is 1.88 bits per heavy atom. The van der Waals surface area contributed by atoms with Gasteiger partial charge in [-0.15, -0.1) is 0 Å². The lowest BCUT2D eigenvalue weighted by molar-refractivity contribution is 0.0537. The summed E-state index contributed by atoms with van der Waals surface area (Å²) in [5.74, 6) is 0.534. The molecule has 5 heteroatoms. The van der Waals surface area contributed by atoms with E-state index >= 15 is 0 Å². The molecule has 0 spiro atoms. The van der Waals surface area contributed by atoms with Crippen molar-refractivity contribution in [2.45, 2.75) is 19.4 Å². The highest BCUT2D eigenvalue weighted by Crippen LogP contribution is 2.36. The zero-order valence-corrected chi connectivity index (χ0v) is 14.2. The predicted octanol–water partition coefficient (Wildman–Crippen LogP) is 4.81. The van der Waals surface area contributed by atoms with Crippen LogP contribution in [0.4, 0.5) is 5.69 Å². The minimum atomic E-state index is 0.470. The Morgan fingerprint density at radius 3 is 2.47 bits per heavy atom. The van der Waals surface area contributed by atoms with E-state index < -0.39 is 0 Å². The van der Waals surface area contributed by atoms with Gasteiger partial charge in [-0.2, -0.15) is 0 Å². The molecule has 1 saturated heterocycles. The minimum absolute atomic E-state index is 0.470. The smallest absolute Gasteiger partial charge is 0.0632 e. The van der Waals surface area contributed by atoms with E-state index in [9.17, 15) is 0 Å². The molecule has 1 fully saturated rings. The van der Waals surface area contributed by atoms with Crippen LogP contribution in [-0.2, 0) is 4.74 Å². The van der Waals surface area contributed by atoms with Gasteiger partial charge >= 0.3 is 0 Å². The quantitative estimate of drug-likeness (QED) is 0.731. The summed E-state index contributed by atoms with van der Waals surface area (Å²) in [6, 6.07) is 4.58. The van der Waals surface area contributed by atoms with Gasteiger partial charge in [0.15, 0.2) is 0 Å². The number of hydrogen-bond donors (Lipinski definition) is 1. The molecule has 2 atom stereocenters. The maximum atomic E-state index is 5.46. The molecule has 1 aliphatic rings. The van der Waals surface area contributed by atoms with Crippen LogP contribution in [0.3, 0.4) is 0 Å². The van der Waals surface area contributed by atoms with Crippen molar-refractivity contribution in [3.8, 4) is 0 Å². The van der Waals surface area contributed by atoms with E-state index in [-0.39, 0.29) is 0 Å². The summed E-state index contributed by atoms with van der Waals surface area (Å²) < 4.78 is 8.65. The molecule has 0 radical (unpaired) electrons. The number of ether oxygens (including phenoxy) is 1. The average Bonchev–Trinajstić information content (AvgIpc) is 2.25. The van der Waals surface area contributed by atoms with Gasteiger partial charge in [-0.3, -0.25) is 0 Å². The van der Waals surface area contributed by atoms with Gasteiger partial charge in [0, 0.05) is 26.1 Å². The first-order chi connectivity index (χ1) is 8.08. The van der Waals surface area contributed by atoms with Crippen molar-refractivity contribution in [3.63, 3.8) is 0 Å². The van der Waals surface area contributed by atoms with Crippen molar-refractivity contribution >= 4 is 53.5 Å². The summed E-state index contributed by atoms with van der Waals surface area (Å²) in [6.07, 6.45) is 1.05. The third-order valence-electron chi connectivity index (χ3n) is 2.98. The van der Waals surface area contributed by atoms with Crippen molar-refractivity contribution in [2.24, 2.45) is 5.92 Å². The van der Waals surface area contributed by atoms with Crippen LogP contribution < -0.4 is 5.32 Å². The van der Waals surface area contributed by atoms with Crippen molar-refractivity contribution in [1.29, 1.82) is 0 Å². The van der Waals surface area contributed by atoms with Crippen LogP contribution in [0.15, 0.2) is 25.6 Å². The second-order valence-electron chi connectivity index (χ2n) is 4.34. The van der Waals surface area contributed by atoms with E-state index in [1.807, 2.05) is 0 Å². The SMILES string of the molecule is CC1COCCC1Nc1c(Br)cc(Br)cc1Br. The molecule has 94 valence electrons. The van der Waals surface area contributed by atoms with Gasteiger partial charge in [0.05, 0.1) is 12.3 Å². The van der Waals surface area contributed by atoms with Crippen LogP contribution in [-0.4, -0.2) is 19.3 Å². The number of anilines is 1. The van der Waals surface area contributed by atoms with Crippen molar-refractivity contribution < 1.29 is 4.74 Å². The molecule has 1 aromatic rings. The molecule has 1 aliphatic heterocycles. The summed E-state index contributed by atoms with van der Waals surface area (Å²) in [7, 11) is 0. The Bertz CT molecular complexity index is 388. The van der Waals surface area contributed by atoms with Gasteiger partial charge in [0.25, 0.3) is 0 Å². The summed E-state index contributed by atoms with van der Waals surface area (Å²) in [6.45, 7) is 3.90. The fourth-order valence-corrected chi connectivity index (χ4v) is 4.45. The van der Waals surface area contributed by atoms with Crippen LogP contribution >= 0.6 is 47.8 Å². The maximum Gasteiger partial charge on any atom is 0.0632 e. The Balaban J connectivity index is 2.17. The molecule has 1 N–H and O–H groups in total. The average molecular weight is 428 g/mol. The molecule has 0 aliphatic carbocycles. The summed E-state index contributed by atoms with van der Waals surface area (Å²) in [5.41, 5.74) is 1.12. The molecule has 0 aromatic heterocycles. The topological polar surface area (TPSA) is 21.3 Å². The van der Waals surface area contributed by atoms with Gasteiger partial charge in [-0.1, -0.05) is 22.9 Å². The Kier molecular flexibility index (Phi) is 4.92. The molecule has 2 rings (SSSR count). The first-order valence-corrected chi connectivity index (χ1v) is 7.94. The largest absolute Gasteiger partial charge is 0.381 e. The second kappa shape index (κ2) is 6.04. The van der Waals surface area contributed by atoms with E-state index in [2.05, 4.69) is 72.2 Å². The molecule has 1 heterocycles. The van der Waals surface area contributed by atoms with Crippen LogP contribution in [0.5, 0.6) is 0 Å². The molecule has 2 nitrogen and oxygen atoms in total. The Hall–Kier alpha value is 0.420. The number of hydrogen-bond acceptors (Lipinski definition) is 2. The molecular formula is C12H14Br3NO. The molecule has 2 unspecified atom stereocenters. The van der Waals surface area contributed by atoms with Crippen LogP contribution in [0.1, 0.15) is 13.3 Å².